The molecular weight excluding hydrogens is 208 g/mol. The van der Waals surface area contributed by atoms with E-state index < -0.39 is 17.9 Å². The van der Waals surface area contributed by atoms with Crippen molar-refractivity contribution in [1.82, 2.24) is 0 Å². The van der Waals surface area contributed by atoms with Gasteiger partial charge >= 0.3 is 11.9 Å². The zero-order valence-corrected chi connectivity index (χ0v) is 8.72. The van der Waals surface area contributed by atoms with Crippen molar-refractivity contribution in [1.29, 1.82) is 0 Å². The maximum atomic E-state index is 11.1. The van der Waals surface area contributed by atoms with Crippen molar-refractivity contribution in [2.45, 2.75) is 13.0 Å². The molecular formula is C12H12O4. The molecule has 1 aliphatic rings. The van der Waals surface area contributed by atoms with E-state index in [2.05, 4.69) is 4.74 Å². The molecule has 1 aromatic carbocycles. The molecule has 1 saturated heterocycles. The minimum Gasteiger partial charge on any atom is -0.393 e. The van der Waals surface area contributed by atoms with Crippen LogP contribution < -0.4 is 0 Å². The van der Waals surface area contributed by atoms with Gasteiger partial charge in [0.2, 0.25) is 0 Å². The quantitative estimate of drug-likeness (QED) is 0.566. The average molecular weight is 220 g/mol. The largest absolute Gasteiger partial charge is 0.393 e. The van der Waals surface area contributed by atoms with Crippen molar-refractivity contribution in [3.8, 4) is 0 Å². The normalized spacial score (nSPS) is 19.9. The van der Waals surface area contributed by atoms with Gasteiger partial charge in [-0.25, -0.2) is 0 Å². The lowest BCUT2D eigenvalue weighted by Gasteiger charge is -2.06. The van der Waals surface area contributed by atoms with Gasteiger partial charge in [0.15, 0.2) is 0 Å². The number of carbonyl (C=O) groups excluding carboxylic acids is 2. The van der Waals surface area contributed by atoms with Gasteiger partial charge in [-0.1, -0.05) is 30.3 Å². The third-order valence-corrected chi connectivity index (χ3v) is 2.39. The predicted molar refractivity (Wildman–Crippen MR) is 55.3 cm³/mol. The molecule has 0 N–H and O–H groups in total. The van der Waals surface area contributed by atoms with Crippen LogP contribution in [0.15, 0.2) is 30.3 Å². The first-order chi connectivity index (χ1) is 7.75. The van der Waals surface area contributed by atoms with Gasteiger partial charge in [-0.15, -0.1) is 0 Å². The number of hydrogen-bond acceptors (Lipinski definition) is 4. The molecule has 0 amide bonds. The van der Waals surface area contributed by atoms with Crippen LogP contribution in [0.5, 0.6) is 0 Å². The smallest absolute Gasteiger partial charge is 0.319 e. The molecule has 1 heterocycles. The lowest BCUT2D eigenvalue weighted by atomic mass is 10.1. The van der Waals surface area contributed by atoms with Gasteiger partial charge in [0, 0.05) is 0 Å². The Kier molecular flexibility index (Phi) is 3.31. The van der Waals surface area contributed by atoms with Crippen LogP contribution in [0.25, 0.3) is 0 Å². The Bertz CT molecular complexity index is 385. The molecule has 0 aromatic heterocycles. The number of esters is 2. The van der Waals surface area contributed by atoms with Crippen LogP contribution >= 0.6 is 0 Å². The molecule has 0 radical (unpaired) electrons. The highest BCUT2D eigenvalue weighted by molar-refractivity contribution is 5.94. The summed E-state index contributed by atoms with van der Waals surface area (Å²) in [6, 6.07) is 9.66. The Morgan fingerprint density at radius 2 is 2.00 bits per heavy atom. The van der Waals surface area contributed by atoms with Crippen LogP contribution in [0.1, 0.15) is 12.0 Å². The van der Waals surface area contributed by atoms with E-state index in [1.807, 2.05) is 30.3 Å². The third kappa shape index (κ3) is 2.67. The van der Waals surface area contributed by atoms with E-state index >= 15 is 0 Å². The SMILES string of the molecule is O=C1CC(COCc2ccccc2)C(=O)O1. The second-order valence-corrected chi connectivity index (χ2v) is 3.69. The van der Waals surface area contributed by atoms with Crippen LogP contribution in [-0.2, 0) is 25.7 Å². The molecule has 0 saturated carbocycles. The monoisotopic (exact) mass is 220 g/mol. The van der Waals surface area contributed by atoms with Crippen LogP contribution in [-0.4, -0.2) is 18.5 Å². The molecule has 16 heavy (non-hydrogen) atoms. The number of ether oxygens (including phenoxy) is 2. The van der Waals surface area contributed by atoms with Gasteiger partial charge in [0.25, 0.3) is 0 Å². The van der Waals surface area contributed by atoms with E-state index in [0.717, 1.165) is 5.56 Å². The van der Waals surface area contributed by atoms with Crippen molar-refractivity contribution in [2.24, 2.45) is 5.92 Å². The Labute approximate surface area is 93.2 Å². The van der Waals surface area contributed by atoms with Gasteiger partial charge in [-0.2, -0.15) is 0 Å². The third-order valence-electron chi connectivity index (χ3n) is 2.39. The van der Waals surface area contributed by atoms with Crippen molar-refractivity contribution < 1.29 is 19.1 Å². The van der Waals surface area contributed by atoms with E-state index in [4.69, 9.17) is 4.74 Å². The summed E-state index contributed by atoms with van der Waals surface area (Å²) in [5.41, 5.74) is 1.04. The molecule has 1 aromatic rings. The second kappa shape index (κ2) is 4.90. The van der Waals surface area contributed by atoms with Gasteiger partial charge < -0.3 is 9.47 Å². The fourth-order valence-electron chi connectivity index (χ4n) is 1.54. The van der Waals surface area contributed by atoms with Crippen molar-refractivity contribution in [3.63, 3.8) is 0 Å². The fourth-order valence-corrected chi connectivity index (χ4v) is 1.54. The molecule has 4 heteroatoms. The molecule has 4 nitrogen and oxygen atoms in total. The van der Waals surface area contributed by atoms with Gasteiger partial charge in [-0.05, 0) is 5.56 Å². The standard InChI is InChI=1S/C12H12O4/c13-11-6-10(12(14)16-11)8-15-7-9-4-2-1-3-5-9/h1-5,10H,6-8H2. The topological polar surface area (TPSA) is 52.6 Å². The highest BCUT2D eigenvalue weighted by Crippen LogP contribution is 2.16. The maximum absolute atomic E-state index is 11.1. The molecule has 1 atom stereocenters. The summed E-state index contributed by atoms with van der Waals surface area (Å²) in [4.78, 5) is 21.9. The Hall–Kier alpha value is -1.68. The van der Waals surface area contributed by atoms with Crippen molar-refractivity contribution in [2.75, 3.05) is 6.61 Å². The van der Waals surface area contributed by atoms with E-state index in [0.29, 0.717) is 6.61 Å². The lowest BCUT2D eigenvalue weighted by molar-refractivity contribution is -0.153. The first kappa shape index (κ1) is 10.8. The minimum absolute atomic E-state index is 0.133. The molecule has 2 rings (SSSR count). The molecule has 1 fully saturated rings. The summed E-state index contributed by atoms with van der Waals surface area (Å²) < 4.78 is 9.79. The number of carbonyl (C=O) groups is 2. The number of benzene rings is 1. The summed E-state index contributed by atoms with van der Waals surface area (Å²) in [6.45, 7) is 0.679. The Morgan fingerprint density at radius 3 is 2.62 bits per heavy atom. The Balaban J connectivity index is 1.76. The van der Waals surface area contributed by atoms with E-state index in [1.165, 1.54) is 0 Å². The molecule has 0 aliphatic carbocycles. The zero-order chi connectivity index (χ0) is 11.4. The molecule has 0 bridgehead atoms. The first-order valence-electron chi connectivity index (χ1n) is 5.12. The van der Waals surface area contributed by atoms with Crippen molar-refractivity contribution in [3.05, 3.63) is 35.9 Å². The summed E-state index contributed by atoms with van der Waals surface area (Å²) in [5.74, 6) is -1.37. The second-order valence-electron chi connectivity index (χ2n) is 3.69. The number of cyclic esters (lactones) is 2. The van der Waals surface area contributed by atoms with Crippen LogP contribution in [0.4, 0.5) is 0 Å². The van der Waals surface area contributed by atoms with Gasteiger partial charge in [-0.3, -0.25) is 9.59 Å². The van der Waals surface area contributed by atoms with E-state index in [1.54, 1.807) is 0 Å². The van der Waals surface area contributed by atoms with E-state index in [-0.39, 0.29) is 13.0 Å². The van der Waals surface area contributed by atoms with Crippen LogP contribution in [0.3, 0.4) is 0 Å². The molecule has 1 aliphatic heterocycles. The summed E-state index contributed by atoms with van der Waals surface area (Å²) >= 11 is 0. The minimum atomic E-state index is -0.474. The maximum Gasteiger partial charge on any atom is 0.319 e. The van der Waals surface area contributed by atoms with Crippen molar-refractivity contribution >= 4 is 11.9 Å². The molecule has 0 spiro atoms. The zero-order valence-electron chi connectivity index (χ0n) is 8.72. The first-order valence-corrected chi connectivity index (χ1v) is 5.12. The fraction of sp³-hybridized carbons (Fsp3) is 0.333. The highest BCUT2D eigenvalue weighted by Gasteiger charge is 2.33. The lowest BCUT2D eigenvalue weighted by Crippen LogP contribution is -2.14. The van der Waals surface area contributed by atoms with Gasteiger partial charge in [0.05, 0.1) is 25.6 Å². The highest BCUT2D eigenvalue weighted by atomic mass is 16.6. The number of rotatable bonds is 4. The summed E-state index contributed by atoms with van der Waals surface area (Å²) in [7, 11) is 0. The van der Waals surface area contributed by atoms with E-state index in [9.17, 15) is 9.59 Å². The van der Waals surface area contributed by atoms with Crippen LogP contribution in [0.2, 0.25) is 0 Å². The summed E-state index contributed by atoms with van der Waals surface area (Å²) in [6.07, 6.45) is 0.133. The Morgan fingerprint density at radius 1 is 1.25 bits per heavy atom. The average Bonchev–Trinajstić information content (AvgIpc) is 2.59. The number of hydrogen-bond donors (Lipinski definition) is 0. The van der Waals surface area contributed by atoms with Gasteiger partial charge in [0.1, 0.15) is 0 Å². The molecule has 1 unspecified atom stereocenters. The predicted octanol–water partition coefficient (Wildman–Crippen LogP) is 1.29. The summed E-state index contributed by atoms with van der Waals surface area (Å²) in [5, 5.41) is 0. The molecule has 84 valence electrons. The van der Waals surface area contributed by atoms with Crippen LogP contribution in [0, 0.1) is 5.92 Å².